The summed E-state index contributed by atoms with van der Waals surface area (Å²) in [5.41, 5.74) is 17.8. The number of nitrogens with zero attached hydrogens (tertiary/aromatic N) is 2. The number of nitrogens with one attached hydrogen (secondary N) is 2. The SMILES string of the molecule is COC(=O)[C@H](CCCN=C(N)N)NC(=O)[C@@H](N)Cc1cnc(C23CC4CC(CC(C4)C2)C3)[nH]1.Cl.Cl. The highest BCUT2D eigenvalue weighted by atomic mass is 35.5. The van der Waals surface area contributed by atoms with Gasteiger partial charge in [-0.15, -0.1) is 24.8 Å². The van der Waals surface area contributed by atoms with Gasteiger partial charge in [-0.2, -0.15) is 0 Å². The van der Waals surface area contributed by atoms with Gasteiger partial charge in [0, 0.05) is 30.3 Å². The lowest BCUT2D eigenvalue weighted by molar-refractivity contribution is -0.145. The normalized spacial score (nSPS) is 27.7. The average Bonchev–Trinajstić information content (AvgIpc) is 3.23. The number of guanidine groups is 1. The predicted octanol–water partition coefficient (Wildman–Crippen LogP) is 1.30. The van der Waals surface area contributed by atoms with Crippen LogP contribution in [-0.2, 0) is 26.2 Å². The number of hydrogen-bond acceptors (Lipinski definition) is 6. The molecule has 0 unspecified atom stereocenters. The Bertz CT molecular complexity index is 868. The Hall–Kier alpha value is -2.04. The van der Waals surface area contributed by atoms with Crippen molar-refractivity contribution < 1.29 is 14.3 Å². The van der Waals surface area contributed by atoms with Crippen molar-refractivity contribution in [2.45, 2.75) is 75.3 Å². The molecule has 10 nitrogen and oxygen atoms in total. The molecule has 198 valence electrons. The first kappa shape index (κ1) is 29.2. The number of carbonyl (C=O) groups excluding carboxylic acids is 2. The molecule has 2 atom stereocenters. The van der Waals surface area contributed by atoms with Crippen LogP contribution in [0.5, 0.6) is 0 Å². The monoisotopic (exact) mass is 531 g/mol. The fourth-order valence-corrected chi connectivity index (χ4v) is 6.64. The van der Waals surface area contributed by atoms with Gasteiger partial charge in [0.15, 0.2) is 5.96 Å². The molecule has 4 bridgehead atoms. The number of aromatic nitrogens is 2. The first-order chi connectivity index (χ1) is 15.8. The third-order valence-corrected chi connectivity index (χ3v) is 7.69. The molecular formula is C23H39Cl2N7O3. The van der Waals surface area contributed by atoms with Crippen molar-refractivity contribution >= 4 is 42.7 Å². The van der Waals surface area contributed by atoms with Gasteiger partial charge in [0.1, 0.15) is 11.9 Å². The van der Waals surface area contributed by atoms with E-state index in [1.54, 1.807) is 0 Å². The molecule has 5 rings (SSSR count). The van der Waals surface area contributed by atoms with Crippen LogP contribution in [0.3, 0.4) is 0 Å². The second-order valence-electron chi connectivity index (χ2n) is 10.3. The Kier molecular flexibility index (Phi) is 10.2. The number of carbonyl (C=O) groups is 2. The second kappa shape index (κ2) is 12.3. The van der Waals surface area contributed by atoms with Crippen LogP contribution in [0.25, 0.3) is 0 Å². The van der Waals surface area contributed by atoms with Crippen molar-refractivity contribution in [3.63, 3.8) is 0 Å². The summed E-state index contributed by atoms with van der Waals surface area (Å²) in [5.74, 6) is 2.63. The number of nitrogens with two attached hydrogens (primary N) is 3. The smallest absolute Gasteiger partial charge is 0.328 e. The highest BCUT2D eigenvalue weighted by Gasteiger charge is 2.53. The van der Waals surface area contributed by atoms with Gasteiger partial charge in [0.2, 0.25) is 5.91 Å². The minimum Gasteiger partial charge on any atom is -0.467 e. The Morgan fingerprint density at radius 1 is 1.20 bits per heavy atom. The first-order valence-corrected chi connectivity index (χ1v) is 12.0. The number of hydrogen-bond donors (Lipinski definition) is 5. The molecule has 4 saturated carbocycles. The van der Waals surface area contributed by atoms with Gasteiger partial charge < -0.3 is 32.2 Å². The topological polar surface area (TPSA) is 174 Å². The number of imidazole rings is 1. The van der Waals surface area contributed by atoms with E-state index in [2.05, 4.69) is 15.3 Å². The first-order valence-electron chi connectivity index (χ1n) is 12.0. The zero-order valence-corrected chi connectivity index (χ0v) is 21.8. The summed E-state index contributed by atoms with van der Waals surface area (Å²) in [5, 5.41) is 2.71. The fraction of sp³-hybridized carbons (Fsp3) is 0.739. The highest BCUT2D eigenvalue weighted by Crippen LogP contribution is 2.60. The summed E-state index contributed by atoms with van der Waals surface area (Å²) in [4.78, 5) is 36.9. The quantitative estimate of drug-likeness (QED) is 0.131. The average molecular weight is 533 g/mol. The van der Waals surface area contributed by atoms with Crippen molar-refractivity contribution in [2.75, 3.05) is 13.7 Å². The van der Waals surface area contributed by atoms with Gasteiger partial charge >= 0.3 is 5.97 Å². The molecule has 4 aliphatic rings. The lowest BCUT2D eigenvalue weighted by atomic mass is 9.49. The molecule has 0 radical (unpaired) electrons. The van der Waals surface area contributed by atoms with Crippen LogP contribution in [0.15, 0.2) is 11.2 Å². The molecule has 4 aliphatic carbocycles. The van der Waals surface area contributed by atoms with E-state index in [0.717, 1.165) is 29.3 Å². The summed E-state index contributed by atoms with van der Waals surface area (Å²) in [6.45, 7) is 0.360. The largest absolute Gasteiger partial charge is 0.467 e. The number of ether oxygens (including phenoxy) is 1. The number of rotatable bonds is 10. The van der Waals surface area contributed by atoms with E-state index in [9.17, 15) is 9.59 Å². The van der Waals surface area contributed by atoms with E-state index in [4.69, 9.17) is 26.9 Å². The standard InChI is InChI=1S/C23H37N7O3.2ClH/c1-33-20(32)18(3-2-4-27-22(25)26)30-19(31)17(24)8-16-12-28-21(29-16)23-9-13-5-14(10-23)7-15(6-13)11-23;;/h12-15,17-18H,2-11,24H2,1H3,(H,28,29)(H,30,31)(H4,25,26,27);2*1H/t13?,14?,15?,17-,18-,23?;;/m0../s1. The number of methoxy groups -OCH3 is 1. The maximum absolute atomic E-state index is 12.7. The maximum Gasteiger partial charge on any atom is 0.328 e. The number of esters is 1. The Morgan fingerprint density at radius 3 is 2.34 bits per heavy atom. The molecule has 0 spiro atoms. The zero-order valence-electron chi connectivity index (χ0n) is 20.2. The predicted molar refractivity (Wildman–Crippen MR) is 138 cm³/mol. The molecule has 1 heterocycles. The van der Waals surface area contributed by atoms with Crippen molar-refractivity contribution in [3.8, 4) is 0 Å². The van der Waals surface area contributed by atoms with Gasteiger partial charge in [-0.3, -0.25) is 9.79 Å². The number of amides is 1. The van der Waals surface area contributed by atoms with Gasteiger partial charge in [-0.25, -0.2) is 9.78 Å². The van der Waals surface area contributed by atoms with E-state index >= 15 is 0 Å². The van der Waals surface area contributed by atoms with Crippen LogP contribution in [-0.4, -0.2) is 53.5 Å². The number of H-pyrrole nitrogens is 1. The molecule has 1 aromatic rings. The molecule has 0 aromatic carbocycles. The minimum atomic E-state index is -0.806. The minimum absolute atomic E-state index is 0. The molecule has 35 heavy (non-hydrogen) atoms. The number of aromatic amines is 1. The highest BCUT2D eigenvalue weighted by molar-refractivity contribution is 5.87. The molecule has 1 aromatic heterocycles. The number of aliphatic imine (C=N–C) groups is 1. The van der Waals surface area contributed by atoms with E-state index in [1.807, 2.05) is 6.20 Å². The van der Waals surface area contributed by atoms with Gasteiger partial charge in [-0.05, 0) is 69.1 Å². The summed E-state index contributed by atoms with van der Waals surface area (Å²) >= 11 is 0. The van der Waals surface area contributed by atoms with E-state index in [-0.39, 0.29) is 36.2 Å². The van der Waals surface area contributed by atoms with Gasteiger partial charge in [-0.1, -0.05) is 0 Å². The number of halogens is 2. The Balaban J connectivity index is 0.00000216. The van der Waals surface area contributed by atoms with Gasteiger partial charge in [0.05, 0.1) is 13.2 Å². The molecule has 12 heteroatoms. The van der Waals surface area contributed by atoms with E-state index in [1.165, 1.54) is 45.6 Å². The summed E-state index contributed by atoms with van der Waals surface area (Å²) in [7, 11) is 1.29. The molecule has 0 aliphatic heterocycles. The molecule has 4 fully saturated rings. The lowest BCUT2D eigenvalue weighted by Crippen LogP contribution is -2.49. The van der Waals surface area contributed by atoms with Gasteiger partial charge in [0.25, 0.3) is 0 Å². The van der Waals surface area contributed by atoms with Crippen molar-refractivity contribution in [1.82, 2.24) is 15.3 Å². The van der Waals surface area contributed by atoms with Crippen LogP contribution in [0, 0.1) is 17.8 Å². The van der Waals surface area contributed by atoms with Crippen LogP contribution in [0.4, 0.5) is 0 Å². The van der Waals surface area contributed by atoms with Crippen LogP contribution >= 0.6 is 24.8 Å². The third kappa shape index (κ3) is 6.80. The Morgan fingerprint density at radius 2 is 1.80 bits per heavy atom. The summed E-state index contributed by atoms with van der Waals surface area (Å²) < 4.78 is 4.81. The molecule has 1 amide bonds. The fourth-order valence-electron chi connectivity index (χ4n) is 6.64. The molecule has 8 N–H and O–H groups in total. The lowest BCUT2D eigenvalue weighted by Gasteiger charge is -2.56. The molecular weight excluding hydrogens is 493 g/mol. The summed E-state index contributed by atoms with van der Waals surface area (Å²) in [6, 6.07) is -1.60. The summed E-state index contributed by atoms with van der Waals surface area (Å²) in [6.07, 6.45) is 10.8. The van der Waals surface area contributed by atoms with Crippen LogP contribution < -0.4 is 22.5 Å². The zero-order chi connectivity index (χ0) is 23.6. The van der Waals surface area contributed by atoms with E-state index < -0.39 is 24.0 Å². The third-order valence-electron chi connectivity index (χ3n) is 7.69. The molecule has 0 saturated heterocycles. The van der Waals surface area contributed by atoms with Crippen molar-refractivity contribution in [3.05, 3.63) is 17.7 Å². The van der Waals surface area contributed by atoms with E-state index in [0.29, 0.717) is 25.8 Å². The van der Waals surface area contributed by atoms with Crippen LogP contribution in [0.1, 0.15) is 62.9 Å². The van der Waals surface area contributed by atoms with Crippen molar-refractivity contribution in [1.29, 1.82) is 0 Å². The van der Waals surface area contributed by atoms with Crippen molar-refractivity contribution in [2.24, 2.45) is 39.9 Å². The maximum atomic E-state index is 12.7. The van der Waals surface area contributed by atoms with Crippen LogP contribution in [0.2, 0.25) is 0 Å². The Labute approximate surface area is 218 Å². The second-order valence-corrected chi connectivity index (χ2v) is 10.3.